The van der Waals surface area contributed by atoms with Gasteiger partial charge in [0.05, 0.1) is 26.2 Å². The topological polar surface area (TPSA) is 97.6 Å². The molecule has 0 bridgehead atoms. The number of phenols is 1. The number of nitrogens with zero attached hydrogens (tertiary/aromatic N) is 1. The zero-order valence-corrected chi connectivity index (χ0v) is 16.8. The van der Waals surface area contributed by atoms with Gasteiger partial charge in [-0.1, -0.05) is 23.9 Å². The summed E-state index contributed by atoms with van der Waals surface area (Å²) in [5.74, 6) is 0.00315. The summed E-state index contributed by atoms with van der Waals surface area (Å²) in [6.07, 6.45) is 1.56. The van der Waals surface area contributed by atoms with Crippen molar-refractivity contribution in [3.63, 3.8) is 0 Å². The van der Waals surface area contributed by atoms with Crippen LogP contribution in [0, 0.1) is 0 Å². The van der Waals surface area contributed by atoms with Crippen LogP contribution in [-0.4, -0.2) is 42.6 Å². The largest absolute Gasteiger partial charge is 0.507 e. The Labute approximate surface area is 171 Å². The number of hydrogen-bond donors (Lipinski definition) is 2. The number of carbonyl (C=O) groups is 1. The highest BCUT2D eigenvalue weighted by Gasteiger charge is 2.33. The van der Waals surface area contributed by atoms with E-state index in [2.05, 4.69) is 4.99 Å². The molecule has 29 heavy (non-hydrogen) atoms. The fraction of sp³-hybridized carbons (Fsp3) is 0.143. The molecule has 2 N–H and O–H groups in total. The number of phenolic OH excluding ortho intramolecular Hbond substituents is 1. The van der Waals surface area contributed by atoms with Gasteiger partial charge in [-0.25, -0.2) is 9.79 Å². The lowest BCUT2D eigenvalue weighted by atomic mass is 10.1. The van der Waals surface area contributed by atoms with E-state index < -0.39 is 5.97 Å². The van der Waals surface area contributed by atoms with Gasteiger partial charge in [-0.05, 0) is 30.3 Å². The van der Waals surface area contributed by atoms with E-state index in [0.29, 0.717) is 27.7 Å². The second-order valence-corrected chi connectivity index (χ2v) is 6.87. The van der Waals surface area contributed by atoms with Gasteiger partial charge in [0.1, 0.15) is 39.3 Å². The molecule has 0 saturated heterocycles. The summed E-state index contributed by atoms with van der Waals surface area (Å²) in [5, 5.41) is 21.1. The maximum Gasteiger partial charge on any atom is 0.344 e. The van der Waals surface area contributed by atoms with Crippen molar-refractivity contribution < 1.29 is 29.2 Å². The Morgan fingerprint density at radius 2 is 1.83 bits per heavy atom. The number of methoxy groups -OCH3 is 3. The molecule has 150 valence electrons. The van der Waals surface area contributed by atoms with E-state index in [1.54, 1.807) is 42.5 Å². The Morgan fingerprint density at radius 3 is 2.48 bits per heavy atom. The molecule has 0 atom stereocenters. The third kappa shape index (κ3) is 4.22. The molecule has 2 aromatic carbocycles. The number of rotatable bonds is 5. The third-order valence-corrected chi connectivity index (χ3v) is 5.13. The SMILES string of the molecule is COC(=O)C1=C(O)C(=Cc2ccc(OC)cc2O)SC1=Nc1ccccc1OC. The van der Waals surface area contributed by atoms with Crippen LogP contribution in [0.3, 0.4) is 0 Å². The summed E-state index contributed by atoms with van der Waals surface area (Å²) in [7, 11) is 4.25. The van der Waals surface area contributed by atoms with Gasteiger partial charge in [-0.3, -0.25) is 0 Å². The molecule has 2 aromatic rings. The predicted molar refractivity (Wildman–Crippen MR) is 112 cm³/mol. The maximum absolute atomic E-state index is 12.3. The summed E-state index contributed by atoms with van der Waals surface area (Å²) < 4.78 is 15.2. The molecule has 0 unspecified atom stereocenters. The molecular formula is C21H19NO6S. The number of aliphatic imine (C=N–C) groups is 1. The van der Waals surface area contributed by atoms with Crippen LogP contribution in [0.1, 0.15) is 5.56 Å². The van der Waals surface area contributed by atoms with Gasteiger partial charge in [-0.15, -0.1) is 0 Å². The highest BCUT2D eigenvalue weighted by molar-refractivity contribution is 8.18. The first-order chi connectivity index (χ1) is 14.0. The number of carbonyl (C=O) groups excluding carboxylic acids is 1. The zero-order chi connectivity index (χ0) is 21.0. The van der Waals surface area contributed by atoms with Gasteiger partial charge < -0.3 is 24.4 Å². The van der Waals surface area contributed by atoms with E-state index in [1.807, 2.05) is 0 Å². The summed E-state index contributed by atoms with van der Waals surface area (Å²) >= 11 is 1.09. The number of aliphatic hydroxyl groups excluding tert-OH is 1. The average molecular weight is 413 g/mol. The lowest BCUT2D eigenvalue weighted by Gasteiger charge is -2.06. The van der Waals surface area contributed by atoms with Gasteiger partial charge in [0.15, 0.2) is 0 Å². The second-order valence-electron chi connectivity index (χ2n) is 5.84. The third-order valence-electron chi connectivity index (χ3n) is 4.11. The molecule has 7 nitrogen and oxygen atoms in total. The van der Waals surface area contributed by atoms with Crippen LogP contribution in [-0.2, 0) is 9.53 Å². The van der Waals surface area contributed by atoms with Crippen LogP contribution in [0.25, 0.3) is 6.08 Å². The molecular weight excluding hydrogens is 394 g/mol. The standard InChI is InChI=1S/C21H19NO6S/c1-26-13-9-8-12(15(23)11-13)10-17-19(24)18(21(25)28-3)20(29-17)22-14-6-4-5-7-16(14)27-2/h4-11,23-24H,1-3H3. The van der Waals surface area contributed by atoms with E-state index in [0.717, 1.165) is 11.8 Å². The number of esters is 1. The maximum atomic E-state index is 12.3. The Hall–Kier alpha value is -3.39. The Bertz CT molecular complexity index is 1040. The number of para-hydroxylation sites is 2. The molecule has 1 heterocycles. The van der Waals surface area contributed by atoms with Crippen molar-refractivity contribution in [2.75, 3.05) is 21.3 Å². The molecule has 0 saturated carbocycles. The van der Waals surface area contributed by atoms with Gasteiger partial charge in [0, 0.05) is 11.6 Å². The van der Waals surface area contributed by atoms with Gasteiger partial charge in [-0.2, -0.15) is 0 Å². The van der Waals surface area contributed by atoms with Crippen LogP contribution in [0.15, 0.2) is 63.7 Å². The molecule has 0 amide bonds. The van der Waals surface area contributed by atoms with E-state index in [9.17, 15) is 15.0 Å². The van der Waals surface area contributed by atoms with Crippen LogP contribution < -0.4 is 9.47 Å². The van der Waals surface area contributed by atoms with Crippen molar-refractivity contribution in [2.45, 2.75) is 0 Å². The van der Waals surface area contributed by atoms with E-state index in [1.165, 1.54) is 27.4 Å². The van der Waals surface area contributed by atoms with Gasteiger partial charge in [0.25, 0.3) is 0 Å². The minimum absolute atomic E-state index is 0.0278. The van der Waals surface area contributed by atoms with E-state index >= 15 is 0 Å². The zero-order valence-electron chi connectivity index (χ0n) is 16.0. The van der Waals surface area contributed by atoms with Crippen LogP contribution in [0.5, 0.6) is 17.2 Å². The molecule has 0 fully saturated rings. The number of benzene rings is 2. The highest BCUT2D eigenvalue weighted by atomic mass is 32.2. The Kier molecular flexibility index (Phi) is 6.13. The molecule has 3 rings (SSSR count). The lowest BCUT2D eigenvalue weighted by molar-refractivity contribution is -0.135. The number of thioether (sulfide) groups is 1. The van der Waals surface area contributed by atoms with Crippen molar-refractivity contribution in [1.82, 2.24) is 0 Å². The number of aliphatic hydroxyl groups is 1. The fourth-order valence-electron chi connectivity index (χ4n) is 2.64. The summed E-state index contributed by atoms with van der Waals surface area (Å²) in [6, 6.07) is 11.8. The van der Waals surface area contributed by atoms with Crippen molar-refractivity contribution in [3.05, 3.63) is 64.3 Å². The number of aromatic hydroxyl groups is 1. The minimum atomic E-state index is -0.717. The van der Waals surface area contributed by atoms with Crippen molar-refractivity contribution in [1.29, 1.82) is 0 Å². The highest BCUT2D eigenvalue weighted by Crippen LogP contribution is 2.42. The normalized spacial score (nSPS) is 16.4. The predicted octanol–water partition coefficient (Wildman–Crippen LogP) is 4.21. The minimum Gasteiger partial charge on any atom is -0.507 e. The van der Waals surface area contributed by atoms with Crippen LogP contribution in [0.2, 0.25) is 0 Å². The smallest absolute Gasteiger partial charge is 0.344 e. The second kappa shape index (κ2) is 8.74. The Morgan fingerprint density at radius 1 is 1.07 bits per heavy atom. The first-order valence-corrected chi connectivity index (χ1v) is 9.30. The molecule has 8 heteroatoms. The number of hydrogen-bond acceptors (Lipinski definition) is 8. The lowest BCUT2D eigenvalue weighted by Crippen LogP contribution is -2.10. The Balaban J connectivity index is 2.07. The molecule has 0 aromatic heterocycles. The monoisotopic (exact) mass is 413 g/mol. The van der Waals surface area contributed by atoms with Gasteiger partial charge in [0.2, 0.25) is 0 Å². The number of ether oxygens (including phenoxy) is 3. The molecule has 0 aliphatic carbocycles. The molecule has 0 spiro atoms. The van der Waals surface area contributed by atoms with Crippen LogP contribution >= 0.6 is 11.8 Å². The summed E-state index contributed by atoms with van der Waals surface area (Å²) in [5.41, 5.74) is 0.894. The first kappa shape index (κ1) is 20.3. The molecule has 1 aliphatic heterocycles. The summed E-state index contributed by atoms with van der Waals surface area (Å²) in [4.78, 5) is 17.1. The van der Waals surface area contributed by atoms with Gasteiger partial charge >= 0.3 is 5.97 Å². The van der Waals surface area contributed by atoms with E-state index in [4.69, 9.17) is 14.2 Å². The quantitative estimate of drug-likeness (QED) is 0.709. The fourth-order valence-corrected chi connectivity index (χ4v) is 3.65. The molecule has 0 radical (unpaired) electrons. The average Bonchev–Trinajstić information content (AvgIpc) is 3.04. The van der Waals surface area contributed by atoms with Crippen molar-refractivity contribution in [2.24, 2.45) is 4.99 Å². The van der Waals surface area contributed by atoms with Crippen LogP contribution in [0.4, 0.5) is 5.69 Å². The molecule has 1 aliphatic rings. The summed E-state index contributed by atoms with van der Waals surface area (Å²) in [6.45, 7) is 0. The van der Waals surface area contributed by atoms with E-state index in [-0.39, 0.29) is 22.1 Å². The van der Waals surface area contributed by atoms with Crippen molar-refractivity contribution >= 4 is 34.5 Å². The van der Waals surface area contributed by atoms with Crippen molar-refractivity contribution in [3.8, 4) is 17.2 Å². The first-order valence-electron chi connectivity index (χ1n) is 8.49.